The molecule has 6 nitrogen and oxygen atoms in total. The van der Waals surface area contributed by atoms with Gasteiger partial charge in [-0.05, 0) is 98.5 Å². The first-order valence-electron chi connectivity index (χ1n) is 12.7. The maximum atomic E-state index is 13.1. The lowest BCUT2D eigenvalue weighted by Gasteiger charge is -2.13. The van der Waals surface area contributed by atoms with E-state index in [0.717, 1.165) is 17.8 Å². The number of carboxylic acids is 1. The number of hydrogen-bond acceptors (Lipinski definition) is 4. The number of nitrogens with zero attached hydrogens (tertiary/aromatic N) is 3. The van der Waals surface area contributed by atoms with E-state index >= 15 is 0 Å². The van der Waals surface area contributed by atoms with Gasteiger partial charge in [-0.1, -0.05) is 6.07 Å². The first kappa shape index (κ1) is 26.9. The van der Waals surface area contributed by atoms with E-state index in [9.17, 15) is 23.1 Å². The first-order valence-corrected chi connectivity index (χ1v) is 12.7. The molecule has 0 atom stereocenters. The van der Waals surface area contributed by atoms with Gasteiger partial charge in [0.15, 0.2) is 0 Å². The molecule has 0 fully saturated rings. The fraction of sp³-hybridized carbons (Fsp3) is 0.194. The van der Waals surface area contributed by atoms with Crippen LogP contribution < -0.4 is 4.74 Å². The number of benzene rings is 2. The maximum absolute atomic E-state index is 13.1. The van der Waals surface area contributed by atoms with Gasteiger partial charge in [-0.25, -0.2) is 4.79 Å². The standard InChI is InChI=1S/C31H26F3N3O3/c1-19(2)40-24-8-6-23(7-9-24)37-28-12-4-21(27-11-5-22(18-36-27)31(32,33)34)17-26(28)25(29(37)30(38)39)10-3-20-13-15-35-16-14-20/h4-9,11-19H,3,10H2,1-2H3,(H,38,39). The molecule has 0 unspecified atom stereocenters. The van der Waals surface area contributed by atoms with Crippen molar-refractivity contribution in [3.8, 4) is 22.7 Å². The molecule has 0 aliphatic carbocycles. The van der Waals surface area contributed by atoms with Gasteiger partial charge in [0.25, 0.3) is 0 Å². The van der Waals surface area contributed by atoms with Crippen LogP contribution in [0.3, 0.4) is 0 Å². The normalized spacial score (nSPS) is 11.8. The molecule has 3 aromatic heterocycles. The minimum absolute atomic E-state index is 0.00939. The van der Waals surface area contributed by atoms with Crippen LogP contribution in [-0.4, -0.2) is 31.7 Å². The lowest BCUT2D eigenvalue weighted by Crippen LogP contribution is -2.10. The van der Waals surface area contributed by atoms with Gasteiger partial charge < -0.3 is 14.4 Å². The van der Waals surface area contributed by atoms with Gasteiger partial charge in [0.05, 0.1) is 22.9 Å². The summed E-state index contributed by atoms with van der Waals surface area (Å²) in [6.45, 7) is 3.85. The van der Waals surface area contributed by atoms with Crippen LogP contribution in [0.5, 0.6) is 5.75 Å². The second-order valence-electron chi connectivity index (χ2n) is 9.65. The summed E-state index contributed by atoms with van der Waals surface area (Å²) in [5.41, 5.74) is 3.16. The van der Waals surface area contributed by atoms with Crippen LogP contribution in [0.25, 0.3) is 27.8 Å². The Kier molecular flexibility index (Phi) is 7.30. The Hall–Kier alpha value is -4.66. The molecule has 1 N–H and O–H groups in total. The molecule has 40 heavy (non-hydrogen) atoms. The molecule has 0 amide bonds. The minimum Gasteiger partial charge on any atom is -0.491 e. The molecule has 9 heteroatoms. The second kappa shape index (κ2) is 10.8. The fourth-order valence-corrected chi connectivity index (χ4v) is 4.76. The van der Waals surface area contributed by atoms with Gasteiger partial charge >= 0.3 is 12.1 Å². The number of hydrogen-bond donors (Lipinski definition) is 1. The number of carboxylic acid groups (broad SMARTS) is 1. The zero-order valence-corrected chi connectivity index (χ0v) is 21.8. The highest BCUT2D eigenvalue weighted by molar-refractivity contribution is 6.01. The fourth-order valence-electron chi connectivity index (χ4n) is 4.76. The third kappa shape index (κ3) is 5.54. The van der Waals surface area contributed by atoms with Crippen LogP contribution in [0.15, 0.2) is 85.3 Å². The zero-order valence-electron chi connectivity index (χ0n) is 21.8. The molecule has 5 aromatic rings. The Morgan fingerprint density at radius 3 is 2.30 bits per heavy atom. The van der Waals surface area contributed by atoms with Crippen LogP contribution in [0.2, 0.25) is 0 Å². The Morgan fingerprint density at radius 1 is 0.975 bits per heavy atom. The van der Waals surface area contributed by atoms with Crippen molar-refractivity contribution in [1.82, 2.24) is 14.5 Å². The van der Waals surface area contributed by atoms with Crippen molar-refractivity contribution in [2.24, 2.45) is 0 Å². The average Bonchev–Trinajstić information content (AvgIpc) is 3.26. The molecule has 204 valence electrons. The molecule has 0 aliphatic heterocycles. The van der Waals surface area contributed by atoms with Gasteiger partial charge in [0.2, 0.25) is 0 Å². The summed E-state index contributed by atoms with van der Waals surface area (Å²) in [5.74, 6) is -0.418. The van der Waals surface area contributed by atoms with Crippen LogP contribution >= 0.6 is 0 Å². The number of aromatic carboxylic acids is 1. The summed E-state index contributed by atoms with van der Waals surface area (Å²) in [5, 5.41) is 11.1. The van der Waals surface area contributed by atoms with Crippen LogP contribution in [0.1, 0.15) is 41.0 Å². The molecule has 0 saturated carbocycles. The Balaban J connectivity index is 1.66. The lowest BCUT2D eigenvalue weighted by molar-refractivity contribution is -0.137. The van der Waals surface area contributed by atoms with E-state index in [1.54, 1.807) is 47.3 Å². The van der Waals surface area contributed by atoms with E-state index in [1.165, 1.54) is 6.07 Å². The van der Waals surface area contributed by atoms with Gasteiger partial charge in [-0.2, -0.15) is 13.2 Å². The monoisotopic (exact) mass is 545 g/mol. The molecule has 2 aromatic carbocycles. The number of ether oxygens (including phenoxy) is 1. The van der Waals surface area contributed by atoms with Gasteiger partial charge in [0.1, 0.15) is 11.4 Å². The van der Waals surface area contributed by atoms with E-state index in [1.807, 2.05) is 38.1 Å². The predicted molar refractivity (Wildman–Crippen MR) is 146 cm³/mol. The molecule has 0 spiro atoms. The lowest BCUT2D eigenvalue weighted by atomic mass is 10.00. The predicted octanol–water partition coefficient (Wildman–Crippen LogP) is 7.38. The number of fused-ring (bicyclic) bond motifs is 1. The molecular weight excluding hydrogens is 519 g/mol. The minimum atomic E-state index is -4.49. The Morgan fingerprint density at radius 2 is 1.70 bits per heavy atom. The summed E-state index contributed by atoms with van der Waals surface area (Å²) in [7, 11) is 0. The maximum Gasteiger partial charge on any atom is 0.417 e. The molecule has 0 bridgehead atoms. The van der Waals surface area contributed by atoms with E-state index in [2.05, 4.69) is 9.97 Å². The number of pyridine rings is 2. The summed E-state index contributed by atoms with van der Waals surface area (Å²) in [6, 6.07) is 18.6. The number of rotatable bonds is 8. The molecule has 3 heterocycles. The largest absolute Gasteiger partial charge is 0.491 e. The van der Waals surface area contributed by atoms with Crippen molar-refractivity contribution in [1.29, 1.82) is 0 Å². The van der Waals surface area contributed by atoms with Crippen molar-refractivity contribution in [3.63, 3.8) is 0 Å². The Bertz CT molecular complexity index is 1640. The van der Waals surface area contributed by atoms with E-state index < -0.39 is 17.7 Å². The molecule has 0 saturated heterocycles. The van der Waals surface area contributed by atoms with Crippen molar-refractivity contribution >= 4 is 16.9 Å². The highest BCUT2D eigenvalue weighted by atomic mass is 19.4. The number of halogens is 3. The van der Waals surface area contributed by atoms with Crippen LogP contribution in [0.4, 0.5) is 13.2 Å². The number of alkyl halides is 3. The number of carbonyl (C=O) groups is 1. The second-order valence-corrected chi connectivity index (χ2v) is 9.65. The molecule has 0 aliphatic rings. The number of aromatic nitrogens is 3. The van der Waals surface area contributed by atoms with Crippen LogP contribution in [0, 0.1) is 0 Å². The first-order chi connectivity index (χ1) is 19.1. The third-order valence-electron chi connectivity index (χ3n) is 6.54. The van der Waals surface area contributed by atoms with Gasteiger partial charge in [-0.15, -0.1) is 0 Å². The van der Waals surface area contributed by atoms with Crippen molar-refractivity contribution in [2.75, 3.05) is 0 Å². The molecule has 5 rings (SSSR count). The SMILES string of the molecule is CC(C)Oc1ccc(-n2c(C(=O)O)c(CCc3ccncc3)c3cc(-c4ccc(C(F)(F)F)cn4)ccc32)cc1. The van der Waals surface area contributed by atoms with Gasteiger partial charge in [0, 0.05) is 35.2 Å². The quantitative estimate of drug-likeness (QED) is 0.220. The van der Waals surface area contributed by atoms with E-state index in [4.69, 9.17) is 4.74 Å². The highest BCUT2D eigenvalue weighted by Gasteiger charge is 2.31. The Labute approximate surface area is 228 Å². The third-order valence-corrected chi connectivity index (χ3v) is 6.54. The van der Waals surface area contributed by atoms with Crippen molar-refractivity contribution < 1.29 is 27.8 Å². The number of aryl methyl sites for hydroxylation is 2. The zero-order chi connectivity index (χ0) is 28.4. The highest BCUT2D eigenvalue weighted by Crippen LogP contribution is 2.35. The summed E-state index contributed by atoms with van der Waals surface area (Å²) in [4.78, 5) is 20.8. The smallest absolute Gasteiger partial charge is 0.417 e. The average molecular weight is 546 g/mol. The van der Waals surface area contributed by atoms with Crippen molar-refractivity contribution in [2.45, 2.75) is 39.0 Å². The van der Waals surface area contributed by atoms with Crippen LogP contribution in [-0.2, 0) is 19.0 Å². The topological polar surface area (TPSA) is 77.2 Å². The molecule has 0 radical (unpaired) electrons. The summed E-state index contributed by atoms with van der Waals surface area (Å²) < 4.78 is 46.7. The molecular formula is C31H26F3N3O3. The van der Waals surface area contributed by atoms with Crippen molar-refractivity contribution in [3.05, 3.63) is 108 Å². The van der Waals surface area contributed by atoms with E-state index in [-0.39, 0.29) is 11.8 Å². The summed E-state index contributed by atoms with van der Waals surface area (Å²) in [6.07, 6.45) is 0.680. The van der Waals surface area contributed by atoms with Gasteiger partial charge in [-0.3, -0.25) is 9.97 Å². The summed E-state index contributed by atoms with van der Waals surface area (Å²) >= 11 is 0. The van der Waals surface area contributed by atoms with E-state index in [0.29, 0.717) is 52.0 Å².